The Balaban J connectivity index is 2.54. The van der Waals surface area contributed by atoms with Crippen LogP contribution in [0.15, 0.2) is 35.5 Å². The Morgan fingerprint density at radius 3 is 2.80 bits per heavy atom. The average Bonchev–Trinajstić information content (AvgIpc) is 2.23. The minimum atomic E-state index is -0.0326. The van der Waals surface area contributed by atoms with Crippen molar-refractivity contribution in [2.24, 2.45) is 4.99 Å². The molecule has 0 saturated heterocycles. The molecule has 4 N–H and O–H groups in total. The van der Waals surface area contributed by atoms with Crippen molar-refractivity contribution in [2.45, 2.75) is 6.42 Å². The van der Waals surface area contributed by atoms with Gasteiger partial charge in [0.15, 0.2) is 5.78 Å². The van der Waals surface area contributed by atoms with Gasteiger partial charge in [0.25, 0.3) is 0 Å². The van der Waals surface area contributed by atoms with E-state index in [4.69, 9.17) is 11.5 Å². The monoisotopic (exact) mass is 201 g/mol. The number of hydrogen-bond acceptors (Lipinski definition) is 4. The van der Waals surface area contributed by atoms with E-state index in [1.54, 1.807) is 30.5 Å². The number of allylic oxidation sites excluding steroid dienone is 1. The van der Waals surface area contributed by atoms with Crippen LogP contribution in [0.25, 0.3) is 0 Å². The van der Waals surface area contributed by atoms with Crippen LogP contribution in [0.4, 0.5) is 11.4 Å². The number of para-hydroxylation sites is 1. The highest BCUT2D eigenvalue weighted by Gasteiger charge is 2.17. The Kier molecular flexibility index (Phi) is 2.25. The number of hydrogen-bond donors (Lipinski definition) is 2. The molecule has 4 nitrogen and oxygen atoms in total. The lowest BCUT2D eigenvalue weighted by Crippen LogP contribution is -2.18. The van der Waals surface area contributed by atoms with Crippen molar-refractivity contribution in [2.75, 3.05) is 11.5 Å². The first-order valence-corrected chi connectivity index (χ1v) is 4.60. The van der Waals surface area contributed by atoms with E-state index in [2.05, 4.69) is 4.99 Å². The number of rotatable bonds is 1. The van der Waals surface area contributed by atoms with E-state index in [0.29, 0.717) is 29.1 Å². The second-order valence-electron chi connectivity index (χ2n) is 3.30. The van der Waals surface area contributed by atoms with Gasteiger partial charge in [-0.05, 0) is 6.07 Å². The summed E-state index contributed by atoms with van der Waals surface area (Å²) in [5, 5.41) is 0. The van der Waals surface area contributed by atoms with Gasteiger partial charge in [-0.3, -0.25) is 9.79 Å². The maximum Gasteiger partial charge on any atom is 0.185 e. The van der Waals surface area contributed by atoms with Crippen molar-refractivity contribution < 1.29 is 4.79 Å². The molecular formula is C11H11N3O. The second-order valence-corrected chi connectivity index (χ2v) is 3.30. The van der Waals surface area contributed by atoms with Crippen molar-refractivity contribution in [3.63, 3.8) is 0 Å². The molecule has 2 rings (SSSR count). The quantitative estimate of drug-likeness (QED) is 0.668. The van der Waals surface area contributed by atoms with Crippen molar-refractivity contribution >= 4 is 22.9 Å². The molecule has 0 spiro atoms. The van der Waals surface area contributed by atoms with Gasteiger partial charge in [0.05, 0.1) is 11.4 Å². The van der Waals surface area contributed by atoms with E-state index in [9.17, 15) is 4.79 Å². The summed E-state index contributed by atoms with van der Waals surface area (Å²) in [6.07, 6.45) is 3.70. The summed E-state index contributed by atoms with van der Waals surface area (Å²) in [6, 6.07) is 5.21. The molecule has 0 fully saturated rings. The Labute approximate surface area is 87.3 Å². The molecule has 0 aliphatic carbocycles. The van der Waals surface area contributed by atoms with Crippen LogP contribution in [0, 0.1) is 0 Å². The van der Waals surface area contributed by atoms with E-state index in [1.165, 1.54) is 0 Å². The first kappa shape index (κ1) is 9.45. The van der Waals surface area contributed by atoms with E-state index in [0.717, 1.165) is 0 Å². The van der Waals surface area contributed by atoms with Gasteiger partial charge >= 0.3 is 0 Å². The van der Waals surface area contributed by atoms with Crippen molar-refractivity contribution in [3.05, 3.63) is 36.0 Å². The summed E-state index contributed by atoms with van der Waals surface area (Å²) >= 11 is 0. The molecule has 0 amide bonds. The Morgan fingerprint density at radius 1 is 1.27 bits per heavy atom. The molecule has 76 valence electrons. The van der Waals surface area contributed by atoms with Gasteiger partial charge in [0, 0.05) is 18.2 Å². The number of carbonyl (C=O) groups excluding carboxylic acids is 1. The molecule has 0 bridgehead atoms. The Hall–Kier alpha value is -2.10. The zero-order valence-electron chi connectivity index (χ0n) is 8.10. The van der Waals surface area contributed by atoms with E-state index < -0.39 is 0 Å². The molecular weight excluding hydrogens is 190 g/mol. The molecule has 1 aromatic carbocycles. The lowest BCUT2D eigenvalue weighted by atomic mass is 10.0. The van der Waals surface area contributed by atoms with Gasteiger partial charge in [-0.2, -0.15) is 0 Å². The highest BCUT2D eigenvalue weighted by Crippen LogP contribution is 2.22. The van der Waals surface area contributed by atoms with Gasteiger partial charge < -0.3 is 11.5 Å². The fourth-order valence-electron chi connectivity index (χ4n) is 1.46. The number of Topliss-reactive ketones (excluding diaryl/α,β-unsaturated/α-hetero) is 1. The van der Waals surface area contributed by atoms with Gasteiger partial charge in [-0.1, -0.05) is 18.2 Å². The van der Waals surface area contributed by atoms with Crippen LogP contribution in [0.5, 0.6) is 0 Å². The first-order valence-electron chi connectivity index (χ1n) is 4.60. The number of nitrogen functional groups attached to an aromatic ring is 2. The van der Waals surface area contributed by atoms with Crippen LogP contribution in [0.3, 0.4) is 0 Å². The summed E-state index contributed by atoms with van der Waals surface area (Å²) in [4.78, 5) is 15.6. The second kappa shape index (κ2) is 3.57. The molecule has 0 aromatic heterocycles. The average molecular weight is 201 g/mol. The highest BCUT2D eigenvalue weighted by molar-refractivity contribution is 6.48. The Morgan fingerprint density at radius 2 is 2.07 bits per heavy atom. The zero-order chi connectivity index (χ0) is 10.8. The maximum atomic E-state index is 11.6. The van der Waals surface area contributed by atoms with Gasteiger partial charge in [-0.15, -0.1) is 0 Å². The fourth-order valence-corrected chi connectivity index (χ4v) is 1.46. The topological polar surface area (TPSA) is 81.5 Å². The maximum absolute atomic E-state index is 11.6. The minimum absolute atomic E-state index is 0.0326. The highest BCUT2D eigenvalue weighted by atomic mass is 16.1. The smallest absolute Gasteiger partial charge is 0.185 e. The molecule has 0 atom stereocenters. The fraction of sp³-hybridized carbons (Fsp3) is 0.0909. The van der Waals surface area contributed by atoms with Gasteiger partial charge in [-0.25, -0.2) is 0 Å². The van der Waals surface area contributed by atoms with Crippen molar-refractivity contribution in [3.8, 4) is 0 Å². The van der Waals surface area contributed by atoms with Crippen LogP contribution >= 0.6 is 0 Å². The lowest BCUT2D eigenvalue weighted by Gasteiger charge is -2.10. The minimum Gasteiger partial charge on any atom is -0.397 e. The third-order valence-corrected chi connectivity index (χ3v) is 2.27. The molecule has 0 radical (unpaired) electrons. The standard InChI is InChI=1S/C11H11N3O/c12-8-4-1-3-7(10(8)13)11-9(15)5-2-6-14-11/h1-4,6H,5,12-13H2. The third kappa shape index (κ3) is 1.61. The summed E-state index contributed by atoms with van der Waals surface area (Å²) in [6.45, 7) is 0. The van der Waals surface area contributed by atoms with E-state index >= 15 is 0 Å². The largest absolute Gasteiger partial charge is 0.397 e. The normalized spacial score (nSPS) is 15.2. The summed E-state index contributed by atoms with van der Waals surface area (Å²) in [7, 11) is 0. The van der Waals surface area contributed by atoms with Gasteiger partial charge in [0.1, 0.15) is 5.71 Å². The number of benzene rings is 1. The lowest BCUT2D eigenvalue weighted by molar-refractivity contribution is -0.112. The number of nitrogens with two attached hydrogens (primary N) is 2. The third-order valence-electron chi connectivity index (χ3n) is 2.27. The number of ketones is 1. The van der Waals surface area contributed by atoms with Gasteiger partial charge in [0.2, 0.25) is 0 Å². The summed E-state index contributed by atoms with van der Waals surface area (Å²) in [5.41, 5.74) is 13.3. The van der Waals surface area contributed by atoms with Crippen LogP contribution in [-0.4, -0.2) is 11.5 Å². The molecule has 1 aromatic rings. The molecule has 4 heteroatoms. The molecule has 15 heavy (non-hydrogen) atoms. The number of nitrogens with zero attached hydrogens (tertiary/aromatic N) is 1. The molecule has 1 heterocycles. The molecule has 0 saturated carbocycles. The number of aliphatic imine (C=N–C) groups is 1. The van der Waals surface area contributed by atoms with Crippen LogP contribution in [0.2, 0.25) is 0 Å². The summed E-state index contributed by atoms with van der Waals surface area (Å²) < 4.78 is 0. The Bertz CT molecular complexity index is 475. The van der Waals surface area contributed by atoms with Crippen LogP contribution in [0.1, 0.15) is 12.0 Å². The van der Waals surface area contributed by atoms with Crippen molar-refractivity contribution in [1.29, 1.82) is 0 Å². The zero-order valence-corrected chi connectivity index (χ0v) is 8.10. The SMILES string of the molecule is Nc1cccc(C2=NC=CCC2=O)c1N. The van der Waals surface area contributed by atoms with E-state index in [1.807, 2.05) is 0 Å². The number of carbonyl (C=O) groups is 1. The van der Waals surface area contributed by atoms with Crippen LogP contribution in [-0.2, 0) is 4.79 Å². The van der Waals surface area contributed by atoms with E-state index in [-0.39, 0.29) is 5.78 Å². The molecule has 1 aliphatic rings. The summed E-state index contributed by atoms with van der Waals surface area (Å²) in [5.74, 6) is -0.0326. The molecule has 1 aliphatic heterocycles. The predicted octanol–water partition coefficient (Wildman–Crippen LogP) is 1.13. The van der Waals surface area contributed by atoms with Crippen molar-refractivity contribution in [1.82, 2.24) is 0 Å². The molecule has 0 unspecified atom stereocenters. The first-order chi connectivity index (χ1) is 7.20. The van der Waals surface area contributed by atoms with Crippen LogP contribution < -0.4 is 11.5 Å². The number of anilines is 2. The predicted molar refractivity (Wildman–Crippen MR) is 60.6 cm³/mol.